The van der Waals surface area contributed by atoms with Gasteiger partial charge in [-0.25, -0.2) is 9.97 Å². The highest BCUT2D eigenvalue weighted by atomic mass is 35.5. The number of thiazole rings is 1. The van der Waals surface area contributed by atoms with E-state index in [1.54, 1.807) is 29.6 Å². The molecule has 5 aromatic rings. The van der Waals surface area contributed by atoms with Crippen LogP contribution in [0.2, 0.25) is 5.02 Å². The molecule has 34 heavy (non-hydrogen) atoms. The summed E-state index contributed by atoms with van der Waals surface area (Å²) in [5, 5.41) is 1.19. The Bertz CT molecular complexity index is 1400. The number of imidazole rings is 1. The highest BCUT2D eigenvalue weighted by Crippen LogP contribution is 2.34. The second kappa shape index (κ2) is 10.1. The predicted molar refractivity (Wildman–Crippen MR) is 136 cm³/mol. The number of hydrogen-bond acceptors (Lipinski definition) is 5. The first kappa shape index (κ1) is 22.1. The van der Waals surface area contributed by atoms with Crippen molar-refractivity contribution in [2.24, 2.45) is 0 Å². The van der Waals surface area contributed by atoms with Crippen molar-refractivity contribution in [2.75, 3.05) is 11.4 Å². The fraction of sp³-hybridized carbons (Fsp3) is 0.115. The molecule has 0 aliphatic heterocycles. The lowest BCUT2D eigenvalue weighted by molar-refractivity contribution is 0.0986. The van der Waals surface area contributed by atoms with Gasteiger partial charge in [0.15, 0.2) is 5.13 Å². The lowest BCUT2D eigenvalue weighted by atomic mass is 10.2. The van der Waals surface area contributed by atoms with Gasteiger partial charge in [0.2, 0.25) is 0 Å². The summed E-state index contributed by atoms with van der Waals surface area (Å²) in [5.74, 6) is 1.17. The summed E-state index contributed by atoms with van der Waals surface area (Å²) in [6, 6.07) is 22.4. The molecule has 0 spiro atoms. The van der Waals surface area contributed by atoms with E-state index in [0.717, 1.165) is 17.7 Å². The zero-order valence-electron chi connectivity index (χ0n) is 18.2. The number of carbonyl (C=O) groups is 1. The summed E-state index contributed by atoms with van der Waals surface area (Å²) in [6.45, 7) is 1.24. The molecule has 0 saturated carbocycles. The Kier molecular flexibility index (Phi) is 6.56. The molecule has 6 nitrogen and oxygen atoms in total. The summed E-state index contributed by atoms with van der Waals surface area (Å²) in [6.07, 6.45) is 6.17. The minimum atomic E-state index is -0.140. The summed E-state index contributed by atoms with van der Waals surface area (Å²) in [4.78, 5) is 24.2. The van der Waals surface area contributed by atoms with E-state index >= 15 is 0 Å². The molecule has 5 rings (SSSR count). The number of ether oxygens (including phenoxy) is 1. The van der Waals surface area contributed by atoms with Crippen molar-refractivity contribution >= 4 is 44.2 Å². The molecule has 0 atom stereocenters. The number of hydrogen-bond donors (Lipinski definition) is 0. The molecule has 0 N–H and O–H groups in total. The first-order valence-electron chi connectivity index (χ1n) is 10.8. The van der Waals surface area contributed by atoms with Crippen LogP contribution in [0.3, 0.4) is 0 Å². The molecule has 0 radical (unpaired) electrons. The second-order valence-corrected chi connectivity index (χ2v) is 9.05. The van der Waals surface area contributed by atoms with Crippen LogP contribution in [0.4, 0.5) is 5.13 Å². The standard InChI is InChI=1S/C26H21ClN4O2S/c27-22-11-5-12-23-24(22)29-26(34-23)31(15-6-14-30-16-13-28-18-30)25(32)19-7-4-10-21(17-19)33-20-8-2-1-3-9-20/h1-5,7-13,16-18H,6,14-15H2. The first-order chi connectivity index (χ1) is 16.7. The van der Waals surface area contributed by atoms with Gasteiger partial charge in [0.1, 0.15) is 17.0 Å². The van der Waals surface area contributed by atoms with Gasteiger partial charge in [0.05, 0.1) is 16.0 Å². The summed E-state index contributed by atoms with van der Waals surface area (Å²) in [7, 11) is 0. The van der Waals surface area contributed by atoms with Gasteiger partial charge in [0, 0.05) is 31.0 Å². The maximum absolute atomic E-state index is 13.7. The zero-order valence-corrected chi connectivity index (χ0v) is 19.7. The highest BCUT2D eigenvalue weighted by molar-refractivity contribution is 7.22. The number of rotatable bonds is 8. The Balaban J connectivity index is 1.43. The molecule has 3 aromatic carbocycles. The summed E-state index contributed by atoms with van der Waals surface area (Å²) < 4.78 is 8.87. The van der Waals surface area contributed by atoms with Gasteiger partial charge in [-0.3, -0.25) is 9.69 Å². The summed E-state index contributed by atoms with van der Waals surface area (Å²) in [5.41, 5.74) is 1.24. The normalized spacial score (nSPS) is 11.0. The van der Waals surface area contributed by atoms with Crippen molar-refractivity contribution in [1.29, 1.82) is 0 Å². The molecular formula is C26H21ClN4O2S. The third-order valence-electron chi connectivity index (χ3n) is 5.25. The van der Waals surface area contributed by atoms with Crippen molar-refractivity contribution in [2.45, 2.75) is 13.0 Å². The van der Waals surface area contributed by atoms with Gasteiger partial charge < -0.3 is 9.30 Å². The van der Waals surface area contributed by atoms with Crippen LogP contribution in [0.1, 0.15) is 16.8 Å². The Hall–Kier alpha value is -3.68. The fourth-order valence-corrected chi connectivity index (χ4v) is 4.90. The van der Waals surface area contributed by atoms with Crippen molar-refractivity contribution in [3.05, 3.63) is 102 Å². The molecule has 1 amide bonds. The van der Waals surface area contributed by atoms with Crippen LogP contribution < -0.4 is 9.64 Å². The SMILES string of the molecule is O=C(c1cccc(Oc2ccccc2)c1)N(CCCn1ccnc1)c1nc2c(Cl)cccc2s1. The van der Waals surface area contributed by atoms with E-state index in [9.17, 15) is 4.79 Å². The Morgan fingerprint density at radius 1 is 1.03 bits per heavy atom. The molecule has 2 aromatic heterocycles. The van der Waals surface area contributed by atoms with E-state index in [4.69, 9.17) is 21.3 Å². The number of fused-ring (bicyclic) bond motifs is 1. The highest BCUT2D eigenvalue weighted by Gasteiger charge is 2.22. The van der Waals surface area contributed by atoms with E-state index in [-0.39, 0.29) is 5.91 Å². The van der Waals surface area contributed by atoms with Crippen molar-refractivity contribution < 1.29 is 9.53 Å². The Morgan fingerprint density at radius 2 is 1.85 bits per heavy atom. The maximum Gasteiger partial charge on any atom is 0.260 e. The van der Waals surface area contributed by atoms with Gasteiger partial charge in [-0.1, -0.05) is 53.3 Å². The van der Waals surface area contributed by atoms with Gasteiger partial charge in [-0.15, -0.1) is 0 Å². The fourth-order valence-electron chi connectivity index (χ4n) is 3.61. The molecule has 2 heterocycles. The van der Waals surface area contributed by atoms with Crippen molar-refractivity contribution in [3.63, 3.8) is 0 Å². The Morgan fingerprint density at radius 3 is 2.65 bits per heavy atom. The van der Waals surface area contributed by atoms with E-state index in [1.165, 1.54) is 11.3 Å². The molecule has 0 fully saturated rings. The largest absolute Gasteiger partial charge is 0.457 e. The topological polar surface area (TPSA) is 60.2 Å². The molecular weight excluding hydrogens is 468 g/mol. The molecule has 0 unspecified atom stereocenters. The van der Waals surface area contributed by atoms with Crippen molar-refractivity contribution in [1.82, 2.24) is 14.5 Å². The van der Waals surface area contributed by atoms with Crippen LogP contribution in [0, 0.1) is 0 Å². The minimum Gasteiger partial charge on any atom is -0.457 e. The van der Waals surface area contributed by atoms with Gasteiger partial charge in [-0.05, 0) is 48.9 Å². The monoisotopic (exact) mass is 488 g/mol. The van der Waals surface area contributed by atoms with Gasteiger partial charge in [-0.2, -0.15) is 0 Å². The van der Waals surface area contributed by atoms with Crippen LogP contribution in [0.15, 0.2) is 91.5 Å². The van der Waals surface area contributed by atoms with E-state index < -0.39 is 0 Å². The maximum atomic E-state index is 13.7. The number of amides is 1. The van der Waals surface area contributed by atoms with Crippen LogP contribution in [-0.4, -0.2) is 27.0 Å². The number of nitrogens with zero attached hydrogens (tertiary/aromatic N) is 4. The number of para-hydroxylation sites is 2. The average molecular weight is 489 g/mol. The van der Waals surface area contributed by atoms with E-state index in [1.807, 2.05) is 71.4 Å². The third kappa shape index (κ3) is 4.95. The van der Waals surface area contributed by atoms with Gasteiger partial charge >= 0.3 is 0 Å². The minimum absolute atomic E-state index is 0.140. The van der Waals surface area contributed by atoms with E-state index in [2.05, 4.69) is 4.98 Å². The van der Waals surface area contributed by atoms with Crippen LogP contribution >= 0.6 is 22.9 Å². The molecule has 0 bridgehead atoms. The first-order valence-corrected chi connectivity index (χ1v) is 12.0. The molecule has 0 aliphatic carbocycles. The zero-order chi connectivity index (χ0) is 23.3. The molecule has 170 valence electrons. The van der Waals surface area contributed by atoms with Crippen LogP contribution in [0.25, 0.3) is 10.2 Å². The lowest BCUT2D eigenvalue weighted by Crippen LogP contribution is -2.32. The molecule has 0 aliphatic rings. The van der Waals surface area contributed by atoms with Crippen LogP contribution in [-0.2, 0) is 6.54 Å². The lowest BCUT2D eigenvalue weighted by Gasteiger charge is -2.20. The number of halogens is 1. The Labute approximate surface area is 206 Å². The second-order valence-electron chi connectivity index (χ2n) is 7.64. The number of benzene rings is 3. The van der Waals surface area contributed by atoms with Gasteiger partial charge in [0.25, 0.3) is 5.91 Å². The molecule has 0 saturated heterocycles. The number of aryl methyl sites for hydroxylation is 1. The van der Waals surface area contributed by atoms with E-state index in [0.29, 0.717) is 39.3 Å². The van der Waals surface area contributed by atoms with Crippen LogP contribution in [0.5, 0.6) is 11.5 Å². The average Bonchev–Trinajstić information content (AvgIpc) is 3.53. The molecule has 8 heteroatoms. The third-order valence-corrected chi connectivity index (χ3v) is 6.60. The number of anilines is 1. The summed E-state index contributed by atoms with van der Waals surface area (Å²) >= 11 is 7.81. The smallest absolute Gasteiger partial charge is 0.260 e. The quantitative estimate of drug-likeness (QED) is 0.244. The van der Waals surface area contributed by atoms with Crippen molar-refractivity contribution in [3.8, 4) is 11.5 Å². The number of aromatic nitrogens is 3. The predicted octanol–water partition coefficient (Wildman–Crippen LogP) is 6.68. The number of carbonyl (C=O) groups excluding carboxylic acids is 1.